The van der Waals surface area contributed by atoms with Crippen LogP contribution < -0.4 is 0 Å². The van der Waals surface area contributed by atoms with E-state index in [-0.39, 0.29) is 29.3 Å². The molecule has 1 aliphatic heterocycles. The number of carbonyl (C=O) groups excluding carboxylic acids is 1. The smallest absolute Gasteiger partial charge is 0.215 e. The number of hydrogen-bond donors (Lipinski definition) is 3. The van der Waals surface area contributed by atoms with Crippen LogP contribution >= 0.6 is 0 Å². The van der Waals surface area contributed by atoms with Gasteiger partial charge in [0.1, 0.15) is 11.5 Å². The van der Waals surface area contributed by atoms with E-state index in [0.29, 0.717) is 12.0 Å². The third kappa shape index (κ3) is 7.35. The first-order chi connectivity index (χ1) is 14.8. The average Bonchev–Trinajstić information content (AvgIpc) is 2.73. The molecule has 1 saturated heterocycles. The first-order valence-corrected chi connectivity index (χ1v) is 12.6. The van der Waals surface area contributed by atoms with Gasteiger partial charge in [-0.2, -0.15) is 0 Å². The molecule has 178 valence electrons. The van der Waals surface area contributed by atoms with Gasteiger partial charge in [0.2, 0.25) is 5.79 Å². The summed E-state index contributed by atoms with van der Waals surface area (Å²) in [6, 6.07) is 0. The summed E-state index contributed by atoms with van der Waals surface area (Å²) in [6.45, 7) is 5.62. The van der Waals surface area contributed by atoms with Gasteiger partial charge in [-0.05, 0) is 18.9 Å². The van der Waals surface area contributed by atoms with Crippen LogP contribution in [0, 0.1) is 5.92 Å². The third-order valence-corrected chi connectivity index (χ3v) is 6.87. The lowest BCUT2D eigenvalue weighted by Gasteiger charge is -2.39. The highest BCUT2D eigenvalue weighted by molar-refractivity contribution is 6.01. The van der Waals surface area contributed by atoms with Crippen molar-refractivity contribution in [3.05, 3.63) is 22.7 Å². The molecule has 1 heterocycles. The molecule has 0 spiro atoms. The molecule has 5 heteroatoms. The van der Waals surface area contributed by atoms with Crippen molar-refractivity contribution in [2.75, 3.05) is 0 Å². The molecular weight excluding hydrogens is 392 g/mol. The van der Waals surface area contributed by atoms with Crippen LogP contribution in [0.25, 0.3) is 0 Å². The van der Waals surface area contributed by atoms with E-state index in [9.17, 15) is 20.1 Å². The Bertz CT molecular complexity index is 650. The Morgan fingerprint density at radius 3 is 1.94 bits per heavy atom. The standard InChI is InChI=1S/C26H44O5/c1-4-5-6-7-8-9-10-11-12-13-14-15-16-17-26(30)18-21(27)22-24(29)19(2)23(28)20(3)25(22)31-26/h19,23,28-30H,4-18H2,1-3H3. The van der Waals surface area contributed by atoms with Gasteiger partial charge in [-0.25, -0.2) is 0 Å². The van der Waals surface area contributed by atoms with Crippen LogP contribution in [0.15, 0.2) is 22.7 Å². The Morgan fingerprint density at radius 1 is 0.935 bits per heavy atom. The van der Waals surface area contributed by atoms with Crippen LogP contribution in [0.4, 0.5) is 0 Å². The molecule has 3 N–H and O–H groups in total. The van der Waals surface area contributed by atoms with Gasteiger partial charge in [-0.1, -0.05) is 90.9 Å². The lowest BCUT2D eigenvalue weighted by atomic mass is 9.81. The summed E-state index contributed by atoms with van der Waals surface area (Å²) in [5, 5.41) is 31.4. The van der Waals surface area contributed by atoms with Crippen molar-refractivity contribution in [2.45, 2.75) is 129 Å². The van der Waals surface area contributed by atoms with Crippen LogP contribution in [0.5, 0.6) is 0 Å². The van der Waals surface area contributed by atoms with Gasteiger partial charge in [0, 0.05) is 12.3 Å². The molecule has 2 aliphatic rings. The van der Waals surface area contributed by atoms with E-state index in [0.717, 1.165) is 19.3 Å². The number of ether oxygens (including phenoxy) is 1. The fourth-order valence-corrected chi connectivity index (χ4v) is 4.72. The second-order valence-electron chi connectivity index (χ2n) is 9.65. The summed E-state index contributed by atoms with van der Waals surface area (Å²) in [4.78, 5) is 12.6. The highest BCUT2D eigenvalue weighted by Gasteiger charge is 2.46. The predicted molar refractivity (Wildman–Crippen MR) is 123 cm³/mol. The Balaban J connectivity index is 1.64. The molecule has 3 atom stereocenters. The molecular formula is C26H44O5. The zero-order chi connectivity index (χ0) is 22.9. The van der Waals surface area contributed by atoms with Crippen molar-refractivity contribution >= 4 is 5.78 Å². The van der Waals surface area contributed by atoms with E-state index in [1.54, 1.807) is 13.8 Å². The summed E-state index contributed by atoms with van der Waals surface area (Å²) < 4.78 is 5.79. The van der Waals surface area contributed by atoms with E-state index in [1.165, 1.54) is 64.2 Å². The Hall–Kier alpha value is -1.33. The van der Waals surface area contributed by atoms with Gasteiger partial charge < -0.3 is 20.1 Å². The van der Waals surface area contributed by atoms with E-state index in [1.807, 2.05) is 0 Å². The van der Waals surface area contributed by atoms with Crippen molar-refractivity contribution in [3.63, 3.8) is 0 Å². The van der Waals surface area contributed by atoms with Crippen LogP contribution in [0.2, 0.25) is 0 Å². The fraction of sp³-hybridized carbons (Fsp3) is 0.808. The van der Waals surface area contributed by atoms with Gasteiger partial charge in [0.25, 0.3) is 0 Å². The number of fused-ring (bicyclic) bond motifs is 1. The van der Waals surface area contributed by atoms with Crippen LogP contribution in [0.3, 0.4) is 0 Å². The molecule has 0 bridgehead atoms. The van der Waals surface area contributed by atoms with E-state index < -0.39 is 17.8 Å². The van der Waals surface area contributed by atoms with Crippen molar-refractivity contribution in [1.82, 2.24) is 0 Å². The molecule has 31 heavy (non-hydrogen) atoms. The van der Waals surface area contributed by atoms with E-state index in [2.05, 4.69) is 6.92 Å². The first-order valence-electron chi connectivity index (χ1n) is 12.6. The minimum absolute atomic E-state index is 0.130. The topological polar surface area (TPSA) is 87.0 Å². The molecule has 5 nitrogen and oxygen atoms in total. The number of Topliss-reactive ketones (excluding diaryl/α,β-unsaturated/α-hetero) is 1. The summed E-state index contributed by atoms with van der Waals surface area (Å²) in [6.07, 6.45) is 15.5. The zero-order valence-corrected chi connectivity index (χ0v) is 19.9. The summed E-state index contributed by atoms with van der Waals surface area (Å²) >= 11 is 0. The molecule has 1 aliphatic carbocycles. The number of rotatable bonds is 14. The normalized spacial score (nSPS) is 26.3. The number of ketones is 1. The predicted octanol–water partition coefficient (Wildman–Crippen LogP) is 6.24. The minimum atomic E-state index is -1.55. The molecule has 0 saturated carbocycles. The number of aliphatic hydroxyl groups excluding tert-OH is 2. The summed E-state index contributed by atoms with van der Waals surface area (Å²) in [5.74, 6) is -2.37. The largest absolute Gasteiger partial charge is 0.511 e. The van der Waals surface area contributed by atoms with Crippen molar-refractivity contribution < 1.29 is 24.9 Å². The van der Waals surface area contributed by atoms with Gasteiger partial charge in [0.05, 0.1) is 18.1 Å². The monoisotopic (exact) mass is 436 g/mol. The molecule has 0 amide bonds. The number of hydrogen-bond acceptors (Lipinski definition) is 5. The number of aliphatic hydroxyl groups is 3. The molecule has 1 fully saturated rings. The molecule has 0 radical (unpaired) electrons. The lowest BCUT2D eigenvalue weighted by Crippen LogP contribution is -2.44. The highest BCUT2D eigenvalue weighted by Crippen LogP contribution is 2.42. The molecule has 2 rings (SSSR count). The van der Waals surface area contributed by atoms with Gasteiger partial charge in [0.15, 0.2) is 5.78 Å². The maximum Gasteiger partial charge on any atom is 0.215 e. The van der Waals surface area contributed by atoms with Crippen molar-refractivity contribution in [1.29, 1.82) is 0 Å². The molecule has 0 aromatic heterocycles. The number of carbonyl (C=O) groups is 1. The number of unbranched alkanes of at least 4 members (excludes halogenated alkanes) is 12. The van der Waals surface area contributed by atoms with Crippen LogP contribution in [-0.4, -0.2) is 33.0 Å². The van der Waals surface area contributed by atoms with Crippen molar-refractivity contribution in [3.8, 4) is 0 Å². The fourth-order valence-electron chi connectivity index (χ4n) is 4.72. The maximum absolute atomic E-state index is 12.6. The highest BCUT2D eigenvalue weighted by atomic mass is 16.6. The Kier molecular flexibility index (Phi) is 10.6. The third-order valence-electron chi connectivity index (χ3n) is 6.87. The average molecular weight is 437 g/mol. The second-order valence-corrected chi connectivity index (χ2v) is 9.65. The maximum atomic E-state index is 12.6. The minimum Gasteiger partial charge on any atom is -0.511 e. The quantitative estimate of drug-likeness (QED) is 0.280. The van der Waals surface area contributed by atoms with Crippen LogP contribution in [-0.2, 0) is 9.53 Å². The second kappa shape index (κ2) is 12.6. The van der Waals surface area contributed by atoms with Crippen molar-refractivity contribution in [2.24, 2.45) is 5.92 Å². The van der Waals surface area contributed by atoms with Crippen LogP contribution in [0.1, 0.15) is 117 Å². The Morgan fingerprint density at radius 2 is 1.42 bits per heavy atom. The van der Waals surface area contributed by atoms with Gasteiger partial charge in [-0.3, -0.25) is 4.79 Å². The molecule has 0 aromatic rings. The summed E-state index contributed by atoms with van der Waals surface area (Å²) in [7, 11) is 0. The molecule has 3 unspecified atom stereocenters. The van der Waals surface area contributed by atoms with E-state index in [4.69, 9.17) is 4.74 Å². The SMILES string of the molecule is CCCCCCCCCCCCCCCC1(O)CC(=O)C2=C(O)C(C)C(O)C(C)=C2O1. The Labute approximate surface area is 188 Å². The zero-order valence-electron chi connectivity index (χ0n) is 19.9. The summed E-state index contributed by atoms with van der Waals surface area (Å²) in [5.41, 5.74) is 0.627. The number of allylic oxidation sites excluding steroid dienone is 1. The molecule has 0 aromatic carbocycles. The first kappa shape index (κ1) is 25.9. The van der Waals surface area contributed by atoms with Gasteiger partial charge in [-0.15, -0.1) is 0 Å². The van der Waals surface area contributed by atoms with E-state index >= 15 is 0 Å². The lowest BCUT2D eigenvalue weighted by molar-refractivity contribution is -0.196. The van der Waals surface area contributed by atoms with Gasteiger partial charge >= 0.3 is 0 Å².